The van der Waals surface area contributed by atoms with Gasteiger partial charge in [-0.3, -0.25) is 0 Å². The summed E-state index contributed by atoms with van der Waals surface area (Å²) in [5.41, 5.74) is 17.8. The molecule has 2 heterocycles. The molecule has 2 aromatic carbocycles. The number of hydrogen-bond acceptors (Lipinski definition) is 8. The van der Waals surface area contributed by atoms with E-state index in [0.29, 0.717) is 34.3 Å². The average Bonchev–Trinajstić information content (AvgIpc) is 3.40. The zero-order chi connectivity index (χ0) is 24.8. The van der Waals surface area contributed by atoms with Crippen molar-refractivity contribution >= 4 is 17.5 Å². The number of aryl methyl sites for hydroxylation is 3. The molecule has 4 aromatic rings. The van der Waals surface area contributed by atoms with Gasteiger partial charge in [0.15, 0.2) is 11.5 Å². The molecule has 0 unspecified atom stereocenters. The summed E-state index contributed by atoms with van der Waals surface area (Å²) in [4.78, 5) is 3.06. The number of hydrogen-bond donors (Lipinski definition) is 2. The second-order valence-corrected chi connectivity index (χ2v) is 7.32. The van der Waals surface area contributed by atoms with Crippen molar-refractivity contribution in [3.8, 4) is 34.0 Å². The van der Waals surface area contributed by atoms with E-state index in [2.05, 4.69) is 27.0 Å². The van der Waals surface area contributed by atoms with Gasteiger partial charge < -0.3 is 20.9 Å². The van der Waals surface area contributed by atoms with E-state index < -0.39 is 0 Å². The van der Waals surface area contributed by atoms with Crippen LogP contribution >= 0.6 is 0 Å². The predicted octanol–water partition coefficient (Wildman–Crippen LogP) is 3.35. The van der Waals surface area contributed by atoms with Crippen LogP contribution in [0.2, 0.25) is 0 Å². The van der Waals surface area contributed by atoms with Crippen molar-refractivity contribution in [2.24, 2.45) is 14.1 Å². The lowest BCUT2D eigenvalue weighted by atomic mass is 10.1. The zero-order valence-electron chi connectivity index (χ0n) is 20.1. The summed E-state index contributed by atoms with van der Waals surface area (Å²) in [6.07, 6.45) is 2.48. The second-order valence-electron chi connectivity index (χ2n) is 7.32. The lowest BCUT2D eigenvalue weighted by molar-refractivity contribution is 0.418. The topological polar surface area (TPSA) is 132 Å². The van der Waals surface area contributed by atoms with Crippen LogP contribution in [0.5, 0.6) is 11.5 Å². The molecule has 0 atom stereocenters. The fourth-order valence-electron chi connectivity index (χ4n) is 3.58. The first-order valence-electron chi connectivity index (χ1n) is 10.6. The Kier molecular flexibility index (Phi) is 7.52. The first-order valence-corrected chi connectivity index (χ1v) is 10.6. The van der Waals surface area contributed by atoms with Crippen LogP contribution < -0.4 is 20.9 Å². The lowest BCUT2D eigenvalue weighted by Crippen LogP contribution is -1.96. The number of rotatable bonds is 6. The van der Waals surface area contributed by atoms with Gasteiger partial charge in [0.2, 0.25) is 0 Å². The van der Waals surface area contributed by atoms with Gasteiger partial charge in [-0.2, -0.15) is 30.0 Å². The van der Waals surface area contributed by atoms with E-state index in [1.807, 2.05) is 37.3 Å². The van der Waals surface area contributed by atoms with Gasteiger partial charge in [-0.05, 0) is 36.8 Å². The number of ether oxygens (including phenoxy) is 2. The molecule has 4 N–H and O–H groups in total. The molecule has 0 bridgehead atoms. The predicted molar refractivity (Wildman–Crippen MR) is 134 cm³/mol. The summed E-state index contributed by atoms with van der Waals surface area (Å²) in [6, 6.07) is 11.2. The van der Waals surface area contributed by atoms with Crippen molar-refractivity contribution in [1.82, 2.24) is 30.0 Å². The maximum Gasteiger partial charge on any atom is 0.151 e. The van der Waals surface area contributed by atoms with Gasteiger partial charge in [0, 0.05) is 25.2 Å². The van der Waals surface area contributed by atoms with Gasteiger partial charge in [-0.25, -0.2) is 0 Å². The highest BCUT2D eigenvalue weighted by molar-refractivity contribution is 5.79. The molecule has 0 amide bonds. The van der Waals surface area contributed by atoms with Crippen LogP contribution in [-0.2, 0) is 20.5 Å². The Balaban J connectivity index is 0.000000191. The Morgan fingerprint density at radius 1 is 0.824 bits per heavy atom. The molecule has 178 valence electrons. The normalized spacial score (nSPS) is 10.4. The monoisotopic (exact) mass is 462 g/mol. The minimum Gasteiger partial charge on any atom is -0.494 e. The van der Waals surface area contributed by atoms with E-state index in [1.165, 1.54) is 4.80 Å². The van der Waals surface area contributed by atoms with E-state index in [-0.39, 0.29) is 0 Å². The molecular formula is C24H30N8O2. The number of anilines is 2. The van der Waals surface area contributed by atoms with E-state index in [0.717, 1.165) is 28.9 Å². The Labute approximate surface area is 198 Å². The Morgan fingerprint density at radius 2 is 1.32 bits per heavy atom. The van der Waals surface area contributed by atoms with Gasteiger partial charge in [0.1, 0.15) is 17.1 Å². The SMILES string of the molecule is C=Cc1nn(C)nc1-c1cccc(N)c1OC.CCc1nn(C)nc1-c1cccc(N)c1OC. The Hall–Kier alpha value is -4.34. The van der Waals surface area contributed by atoms with Gasteiger partial charge in [-0.15, -0.1) is 0 Å². The number of nitrogens with zero attached hydrogens (tertiary/aromatic N) is 6. The molecule has 0 radical (unpaired) electrons. The first kappa shape index (κ1) is 24.3. The number of aromatic nitrogens is 6. The summed E-state index contributed by atoms with van der Waals surface area (Å²) in [6.45, 7) is 5.77. The third-order valence-corrected chi connectivity index (χ3v) is 5.06. The van der Waals surface area contributed by atoms with Crippen LogP contribution in [0.3, 0.4) is 0 Å². The van der Waals surface area contributed by atoms with Crippen molar-refractivity contribution in [3.05, 3.63) is 54.4 Å². The number of benzene rings is 2. The molecule has 0 saturated carbocycles. The molecule has 0 spiro atoms. The summed E-state index contributed by atoms with van der Waals surface area (Å²) < 4.78 is 10.6. The fourth-order valence-corrected chi connectivity index (χ4v) is 3.58. The summed E-state index contributed by atoms with van der Waals surface area (Å²) in [5.74, 6) is 1.26. The van der Waals surface area contributed by atoms with Crippen LogP contribution in [0.15, 0.2) is 43.0 Å². The molecule has 0 saturated heterocycles. The summed E-state index contributed by atoms with van der Waals surface area (Å²) >= 11 is 0. The van der Waals surface area contributed by atoms with E-state index in [9.17, 15) is 0 Å². The minimum absolute atomic E-state index is 0.575. The molecular weight excluding hydrogens is 432 g/mol. The molecule has 0 aliphatic rings. The fraction of sp³-hybridized carbons (Fsp3) is 0.250. The van der Waals surface area contributed by atoms with Crippen molar-refractivity contribution < 1.29 is 9.47 Å². The third-order valence-electron chi connectivity index (χ3n) is 5.06. The smallest absolute Gasteiger partial charge is 0.151 e. The van der Waals surface area contributed by atoms with Crippen molar-refractivity contribution in [1.29, 1.82) is 0 Å². The van der Waals surface area contributed by atoms with Crippen LogP contribution in [-0.4, -0.2) is 44.2 Å². The highest BCUT2D eigenvalue weighted by atomic mass is 16.5. The van der Waals surface area contributed by atoms with E-state index in [4.69, 9.17) is 20.9 Å². The Morgan fingerprint density at radius 3 is 1.82 bits per heavy atom. The summed E-state index contributed by atoms with van der Waals surface area (Å²) in [7, 11) is 6.76. The second kappa shape index (κ2) is 10.5. The number of nitrogen functional groups attached to an aromatic ring is 2. The van der Waals surface area contributed by atoms with Gasteiger partial charge >= 0.3 is 0 Å². The molecule has 10 nitrogen and oxygen atoms in total. The van der Waals surface area contributed by atoms with Crippen molar-refractivity contribution in [2.45, 2.75) is 13.3 Å². The molecule has 34 heavy (non-hydrogen) atoms. The van der Waals surface area contributed by atoms with Gasteiger partial charge in [-0.1, -0.05) is 25.6 Å². The lowest BCUT2D eigenvalue weighted by Gasteiger charge is -2.09. The largest absolute Gasteiger partial charge is 0.494 e. The van der Waals surface area contributed by atoms with Crippen LogP contribution in [0.4, 0.5) is 11.4 Å². The average molecular weight is 463 g/mol. The Bertz CT molecular complexity index is 1290. The number of methoxy groups -OCH3 is 2. The minimum atomic E-state index is 0.575. The van der Waals surface area contributed by atoms with Crippen LogP contribution in [0.1, 0.15) is 18.3 Å². The molecule has 4 rings (SSSR count). The molecule has 2 aromatic heterocycles. The standard InChI is InChI=1S/C12H16N4O.C12H14N4O/c2*1-4-10-11(15-16(2)14-10)8-6-5-7-9(13)12(8)17-3/h5-7H,4,13H2,1-3H3;4-7H,1,13H2,2-3H3. The maximum absolute atomic E-state index is 5.89. The number of para-hydroxylation sites is 2. The van der Waals surface area contributed by atoms with Crippen LogP contribution in [0, 0.1) is 0 Å². The highest BCUT2D eigenvalue weighted by Crippen LogP contribution is 2.36. The molecule has 0 fully saturated rings. The van der Waals surface area contributed by atoms with Crippen LogP contribution in [0.25, 0.3) is 28.6 Å². The number of nitrogens with two attached hydrogens (primary N) is 2. The quantitative estimate of drug-likeness (QED) is 0.417. The summed E-state index contributed by atoms with van der Waals surface area (Å²) in [5, 5.41) is 17.2. The zero-order valence-corrected chi connectivity index (χ0v) is 20.1. The van der Waals surface area contributed by atoms with E-state index >= 15 is 0 Å². The first-order chi connectivity index (χ1) is 16.3. The third kappa shape index (κ3) is 4.85. The van der Waals surface area contributed by atoms with Crippen molar-refractivity contribution in [2.75, 3.05) is 25.7 Å². The maximum atomic E-state index is 5.89. The molecule has 0 aliphatic carbocycles. The molecule has 10 heteroatoms. The van der Waals surface area contributed by atoms with Gasteiger partial charge in [0.05, 0.1) is 31.3 Å². The van der Waals surface area contributed by atoms with E-state index in [1.54, 1.807) is 45.3 Å². The molecule has 0 aliphatic heterocycles. The highest BCUT2D eigenvalue weighted by Gasteiger charge is 2.17. The van der Waals surface area contributed by atoms with Gasteiger partial charge in [0.25, 0.3) is 0 Å². The van der Waals surface area contributed by atoms with Crippen molar-refractivity contribution in [3.63, 3.8) is 0 Å².